The van der Waals surface area contributed by atoms with Crippen molar-refractivity contribution in [2.75, 3.05) is 31.8 Å². The molecule has 1 rings (SSSR count). The molecule has 0 amide bonds. The van der Waals surface area contributed by atoms with Crippen LogP contribution in [0.1, 0.15) is 12.8 Å². The van der Waals surface area contributed by atoms with Gasteiger partial charge in [0.05, 0.1) is 0 Å². The molecule has 1 aliphatic heterocycles. The molecule has 1 atom stereocenters. The highest BCUT2D eigenvalue weighted by Gasteiger charge is 2.31. The zero-order valence-corrected chi connectivity index (χ0v) is 8.86. The Kier molecular flexibility index (Phi) is 5.71. The summed E-state index contributed by atoms with van der Waals surface area (Å²) in [4.78, 5) is 0. The molecule has 1 saturated heterocycles. The Hall–Kier alpha value is 0.0300. The molecule has 0 saturated carbocycles. The Bertz CT molecular complexity index is 169. The van der Waals surface area contributed by atoms with Crippen LogP contribution < -0.4 is 5.73 Å². The molecule has 0 aromatic rings. The fourth-order valence-corrected chi connectivity index (χ4v) is 2.91. The molecule has 1 heterocycles. The maximum Gasteiger partial charge on any atom is 0.0472 e. The molecule has 1 unspecified atom stereocenters. The third-order valence-electron chi connectivity index (χ3n) is 2.50. The largest absolute Gasteiger partial charge is 0.412 e. The van der Waals surface area contributed by atoms with Gasteiger partial charge in [-0.25, -0.2) is 0 Å². The van der Waals surface area contributed by atoms with Crippen molar-refractivity contribution in [2.24, 2.45) is 11.1 Å². The Balaban J connectivity index is 0.00000144. The Morgan fingerprint density at radius 2 is 2.00 bits per heavy atom. The van der Waals surface area contributed by atoms with E-state index in [0.29, 0.717) is 6.54 Å². The first-order chi connectivity index (χ1) is 5.68. The first kappa shape index (κ1) is 13.0. The fourth-order valence-electron chi connectivity index (χ4n) is 1.64. The summed E-state index contributed by atoms with van der Waals surface area (Å²) >= 11 is 0. The summed E-state index contributed by atoms with van der Waals surface area (Å²) in [5.41, 5.74) is 5.79. The van der Waals surface area contributed by atoms with Crippen molar-refractivity contribution in [3.8, 4) is 0 Å². The third kappa shape index (κ3) is 3.72. The van der Waals surface area contributed by atoms with E-state index in [4.69, 9.17) is 10.5 Å². The standard InChI is InChI=1S/C8H17NO2S.H2O/c1-12(10)7-8(6-9)2-4-11-5-3-8;/h2-7,9H2,1H3;1H2. The van der Waals surface area contributed by atoms with E-state index in [9.17, 15) is 4.21 Å². The molecule has 13 heavy (non-hydrogen) atoms. The Morgan fingerprint density at radius 3 is 2.38 bits per heavy atom. The predicted molar refractivity (Wildman–Crippen MR) is 54.1 cm³/mol. The summed E-state index contributed by atoms with van der Waals surface area (Å²) in [5, 5.41) is 0. The molecule has 1 aliphatic rings. The number of ether oxygens (including phenoxy) is 1. The van der Waals surface area contributed by atoms with Gasteiger partial charge in [0, 0.05) is 36.0 Å². The van der Waals surface area contributed by atoms with E-state index >= 15 is 0 Å². The van der Waals surface area contributed by atoms with Crippen molar-refractivity contribution in [3.63, 3.8) is 0 Å². The number of hydrogen-bond donors (Lipinski definition) is 1. The second kappa shape index (κ2) is 5.70. The van der Waals surface area contributed by atoms with E-state index in [1.165, 1.54) is 0 Å². The quantitative estimate of drug-likeness (QED) is 0.667. The van der Waals surface area contributed by atoms with Gasteiger partial charge >= 0.3 is 0 Å². The van der Waals surface area contributed by atoms with Crippen LogP contribution in [0, 0.1) is 5.41 Å². The van der Waals surface area contributed by atoms with Gasteiger partial charge in [-0.3, -0.25) is 4.21 Å². The van der Waals surface area contributed by atoms with E-state index in [-0.39, 0.29) is 10.9 Å². The second-order valence-electron chi connectivity index (χ2n) is 3.53. The second-order valence-corrected chi connectivity index (χ2v) is 4.97. The summed E-state index contributed by atoms with van der Waals surface area (Å²) < 4.78 is 16.3. The first-order valence-corrected chi connectivity index (χ1v) is 5.99. The molecule has 0 spiro atoms. The van der Waals surface area contributed by atoms with Gasteiger partial charge in [0.2, 0.25) is 0 Å². The highest BCUT2D eigenvalue weighted by molar-refractivity contribution is 7.84. The summed E-state index contributed by atoms with van der Waals surface area (Å²) in [5.74, 6) is 0.729. The van der Waals surface area contributed by atoms with Crippen molar-refractivity contribution in [1.82, 2.24) is 0 Å². The van der Waals surface area contributed by atoms with Crippen molar-refractivity contribution in [1.29, 1.82) is 0 Å². The van der Waals surface area contributed by atoms with E-state index in [1.54, 1.807) is 6.26 Å². The van der Waals surface area contributed by atoms with Gasteiger partial charge in [-0.2, -0.15) is 0 Å². The SMILES string of the molecule is CS(=O)CC1(CN)CCOCC1.O. The highest BCUT2D eigenvalue weighted by Crippen LogP contribution is 2.29. The molecule has 4 nitrogen and oxygen atoms in total. The number of nitrogens with two attached hydrogens (primary N) is 1. The van der Waals surface area contributed by atoms with Gasteiger partial charge in [-0.15, -0.1) is 0 Å². The molecular formula is C8H19NO3S. The summed E-state index contributed by atoms with van der Waals surface area (Å²) in [7, 11) is -0.738. The zero-order chi connectivity index (χ0) is 9.03. The Labute approximate surface area is 81.6 Å². The van der Waals surface area contributed by atoms with Crippen LogP contribution in [0.3, 0.4) is 0 Å². The normalized spacial score (nSPS) is 23.2. The average Bonchev–Trinajstić information content (AvgIpc) is 2.05. The van der Waals surface area contributed by atoms with Crippen LogP contribution in [-0.4, -0.2) is 41.5 Å². The highest BCUT2D eigenvalue weighted by atomic mass is 32.2. The van der Waals surface area contributed by atoms with Gasteiger partial charge in [-0.05, 0) is 24.8 Å². The van der Waals surface area contributed by atoms with Crippen LogP contribution in [-0.2, 0) is 15.5 Å². The topological polar surface area (TPSA) is 83.8 Å². The molecule has 0 aliphatic carbocycles. The first-order valence-electron chi connectivity index (χ1n) is 4.26. The minimum absolute atomic E-state index is 0. The van der Waals surface area contributed by atoms with Gasteiger partial charge in [0.1, 0.15) is 0 Å². The molecule has 0 aromatic carbocycles. The van der Waals surface area contributed by atoms with Crippen LogP contribution >= 0.6 is 0 Å². The lowest BCUT2D eigenvalue weighted by Crippen LogP contribution is -2.40. The Morgan fingerprint density at radius 1 is 1.46 bits per heavy atom. The minimum Gasteiger partial charge on any atom is -0.412 e. The number of hydrogen-bond acceptors (Lipinski definition) is 3. The van der Waals surface area contributed by atoms with Gasteiger partial charge in [-0.1, -0.05) is 0 Å². The molecule has 5 heteroatoms. The van der Waals surface area contributed by atoms with Crippen molar-refractivity contribution >= 4 is 10.8 Å². The van der Waals surface area contributed by atoms with E-state index in [2.05, 4.69) is 0 Å². The average molecular weight is 209 g/mol. The fraction of sp³-hybridized carbons (Fsp3) is 1.00. The third-order valence-corrected chi connectivity index (χ3v) is 3.51. The molecule has 0 bridgehead atoms. The molecule has 0 radical (unpaired) electrons. The van der Waals surface area contributed by atoms with Crippen molar-refractivity contribution in [2.45, 2.75) is 12.8 Å². The molecular weight excluding hydrogens is 190 g/mol. The van der Waals surface area contributed by atoms with Crippen LogP contribution in [0.15, 0.2) is 0 Å². The minimum atomic E-state index is -0.738. The van der Waals surface area contributed by atoms with E-state index in [0.717, 1.165) is 31.8 Å². The monoisotopic (exact) mass is 209 g/mol. The predicted octanol–water partition coefficient (Wildman–Crippen LogP) is -0.704. The summed E-state index contributed by atoms with van der Waals surface area (Å²) in [6.45, 7) is 2.18. The zero-order valence-electron chi connectivity index (χ0n) is 8.04. The van der Waals surface area contributed by atoms with Crippen LogP contribution in [0.2, 0.25) is 0 Å². The smallest absolute Gasteiger partial charge is 0.0472 e. The van der Waals surface area contributed by atoms with Crippen LogP contribution in [0.25, 0.3) is 0 Å². The van der Waals surface area contributed by atoms with Crippen LogP contribution in [0.5, 0.6) is 0 Å². The lowest BCUT2D eigenvalue weighted by molar-refractivity contribution is 0.0300. The maximum absolute atomic E-state index is 11.1. The number of rotatable bonds is 3. The molecule has 4 N–H and O–H groups in total. The summed E-state index contributed by atoms with van der Waals surface area (Å²) in [6.07, 6.45) is 3.67. The lowest BCUT2D eigenvalue weighted by atomic mass is 9.82. The lowest BCUT2D eigenvalue weighted by Gasteiger charge is -2.35. The van der Waals surface area contributed by atoms with Gasteiger partial charge in [0.25, 0.3) is 0 Å². The van der Waals surface area contributed by atoms with E-state index < -0.39 is 10.8 Å². The van der Waals surface area contributed by atoms with Crippen molar-refractivity contribution in [3.05, 3.63) is 0 Å². The maximum atomic E-state index is 11.1. The molecule has 0 aromatic heterocycles. The molecule has 1 fully saturated rings. The van der Waals surface area contributed by atoms with Gasteiger partial charge in [0.15, 0.2) is 0 Å². The van der Waals surface area contributed by atoms with E-state index in [1.807, 2.05) is 0 Å². The van der Waals surface area contributed by atoms with Gasteiger partial charge < -0.3 is 15.9 Å². The summed E-state index contributed by atoms with van der Waals surface area (Å²) in [6, 6.07) is 0. The molecule has 80 valence electrons. The van der Waals surface area contributed by atoms with Crippen molar-refractivity contribution < 1.29 is 14.4 Å². The van der Waals surface area contributed by atoms with Crippen LogP contribution in [0.4, 0.5) is 0 Å².